The van der Waals surface area contributed by atoms with Crippen molar-refractivity contribution >= 4 is 39.2 Å². The lowest BCUT2D eigenvalue weighted by Crippen LogP contribution is -2.35. The summed E-state index contributed by atoms with van der Waals surface area (Å²) in [6.07, 6.45) is 1.90. The zero-order valence-electron chi connectivity index (χ0n) is 15.6. The van der Waals surface area contributed by atoms with Crippen molar-refractivity contribution in [3.8, 4) is 0 Å². The van der Waals surface area contributed by atoms with Crippen LogP contribution < -0.4 is 4.90 Å². The summed E-state index contributed by atoms with van der Waals surface area (Å²) >= 11 is 1.72. The molecule has 0 aliphatic carbocycles. The van der Waals surface area contributed by atoms with Gasteiger partial charge in [0, 0.05) is 22.9 Å². The van der Waals surface area contributed by atoms with Crippen LogP contribution in [0.15, 0.2) is 58.3 Å². The number of para-hydroxylation sites is 1. The van der Waals surface area contributed by atoms with Gasteiger partial charge in [0.25, 0.3) is 5.91 Å². The molecule has 0 unspecified atom stereocenters. The van der Waals surface area contributed by atoms with Gasteiger partial charge >= 0.3 is 5.97 Å². The zero-order chi connectivity index (χ0) is 20.3. The van der Waals surface area contributed by atoms with Gasteiger partial charge in [-0.3, -0.25) is 4.79 Å². The number of benzene rings is 2. The molecule has 2 aromatic rings. The molecule has 2 aromatic carbocycles. The van der Waals surface area contributed by atoms with Crippen LogP contribution in [0.3, 0.4) is 0 Å². The second kappa shape index (κ2) is 8.36. The van der Waals surface area contributed by atoms with Crippen LogP contribution in [0.5, 0.6) is 0 Å². The highest BCUT2D eigenvalue weighted by atomic mass is 32.2. The third-order valence-electron chi connectivity index (χ3n) is 4.37. The predicted octanol–water partition coefficient (Wildman–Crippen LogP) is 3.16. The molecule has 0 N–H and O–H groups in total. The topological polar surface area (TPSA) is 80.8 Å². The SMILES string of the molecule is C[C@H]1CCN(C(=O)COC(=O)c2cccc(S(C)(=O)=O)c2)c2ccccc2S1. The fraction of sp³-hybridized carbons (Fsp3) is 0.300. The van der Waals surface area contributed by atoms with Crippen LogP contribution >= 0.6 is 11.8 Å². The van der Waals surface area contributed by atoms with E-state index in [0.29, 0.717) is 11.8 Å². The molecule has 148 valence electrons. The van der Waals surface area contributed by atoms with Crippen LogP contribution in [-0.4, -0.2) is 45.0 Å². The fourth-order valence-corrected chi connectivity index (χ4v) is 4.67. The number of nitrogens with zero attached hydrogens (tertiary/aromatic N) is 1. The number of ether oxygens (including phenoxy) is 1. The van der Waals surface area contributed by atoms with E-state index in [1.165, 1.54) is 24.3 Å². The van der Waals surface area contributed by atoms with Gasteiger partial charge in [-0.15, -0.1) is 11.8 Å². The maximum Gasteiger partial charge on any atom is 0.338 e. The highest BCUT2D eigenvalue weighted by Crippen LogP contribution is 2.37. The quantitative estimate of drug-likeness (QED) is 0.708. The van der Waals surface area contributed by atoms with Gasteiger partial charge in [-0.05, 0) is 36.8 Å². The van der Waals surface area contributed by atoms with Crippen LogP contribution in [0.4, 0.5) is 5.69 Å². The standard InChI is InChI=1S/C20H21NO5S2/c1-14-10-11-21(17-8-3-4-9-18(17)27-14)19(22)13-26-20(23)15-6-5-7-16(12-15)28(2,24)25/h3-9,12,14H,10-11,13H2,1-2H3/t14-/m0/s1. The van der Waals surface area contributed by atoms with Gasteiger partial charge in [0.2, 0.25) is 0 Å². The Bertz CT molecular complexity index is 1000. The van der Waals surface area contributed by atoms with Gasteiger partial charge in [0.1, 0.15) is 0 Å². The zero-order valence-corrected chi connectivity index (χ0v) is 17.3. The maximum atomic E-state index is 12.7. The average Bonchev–Trinajstić information content (AvgIpc) is 2.83. The lowest BCUT2D eigenvalue weighted by Gasteiger charge is -2.22. The number of sulfone groups is 1. The molecular formula is C20H21NO5S2. The van der Waals surface area contributed by atoms with Crippen molar-refractivity contribution < 1.29 is 22.7 Å². The minimum absolute atomic E-state index is 0.0285. The van der Waals surface area contributed by atoms with Crippen molar-refractivity contribution in [1.82, 2.24) is 0 Å². The first-order chi connectivity index (χ1) is 13.3. The summed E-state index contributed by atoms with van der Waals surface area (Å²) in [4.78, 5) is 27.7. The van der Waals surface area contributed by atoms with Gasteiger partial charge in [-0.1, -0.05) is 25.1 Å². The normalized spacial score (nSPS) is 16.8. The molecule has 0 saturated heterocycles. The molecule has 1 heterocycles. The number of rotatable bonds is 4. The molecular weight excluding hydrogens is 398 g/mol. The number of thioether (sulfide) groups is 1. The van der Waals surface area contributed by atoms with E-state index in [9.17, 15) is 18.0 Å². The van der Waals surface area contributed by atoms with Crippen molar-refractivity contribution in [3.05, 3.63) is 54.1 Å². The molecule has 8 heteroatoms. The number of carbonyl (C=O) groups is 2. The lowest BCUT2D eigenvalue weighted by atomic mass is 10.2. The molecule has 0 bridgehead atoms. The van der Waals surface area contributed by atoms with Crippen molar-refractivity contribution in [1.29, 1.82) is 0 Å². The molecule has 0 radical (unpaired) electrons. The van der Waals surface area contributed by atoms with E-state index in [0.717, 1.165) is 23.3 Å². The molecule has 1 amide bonds. The Balaban J connectivity index is 1.71. The molecule has 6 nitrogen and oxygen atoms in total. The first kappa shape index (κ1) is 20.4. The second-order valence-corrected chi connectivity index (χ2v) is 10.1. The molecule has 28 heavy (non-hydrogen) atoms. The molecule has 0 fully saturated rings. The van der Waals surface area contributed by atoms with Crippen LogP contribution in [0.2, 0.25) is 0 Å². The van der Waals surface area contributed by atoms with Gasteiger partial charge in [-0.2, -0.15) is 0 Å². The summed E-state index contributed by atoms with van der Waals surface area (Å²) in [5, 5.41) is 0.375. The van der Waals surface area contributed by atoms with Gasteiger partial charge in [0.05, 0.1) is 16.1 Å². The first-order valence-electron chi connectivity index (χ1n) is 8.79. The maximum absolute atomic E-state index is 12.7. The van der Waals surface area contributed by atoms with Crippen LogP contribution in [-0.2, 0) is 19.4 Å². The highest BCUT2D eigenvalue weighted by molar-refractivity contribution is 8.00. The Morgan fingerprint density at radius 3 is 2.68 bits per heavy atom. The Morgan fingerprint density at radius 2 is 1.93 bits per heavy atom. The van der Waals surface area contributed by atoms with Crippen molar-refractivity contribution in [2.75, 3.05) is 24.3 Å². The highest BCUT2D eigenvalue weighted by Gasteiger charge is 2.25. The number of anilines is 1. The van der Waals surface area contributed by atoms with Gasteiger partial charge in [0.15, 0.2) is 16.4 Å². The second-order valence-electron chi connectivity index (χ2n) is 6.61. The van der Waals surface area contributed by atoms with E-state index in [1.54, 1.807) is 16.7 Å². The predicted molar refractivity (Wildman–Crippen MR) is 109 cm³/mol. The average molecular weight is 420 g/mol. The van der Waals surface area contributed by atoms with Gasteiger partial charge in [-0.25, -0.2) is 13.2 Å². The van der Waals surface area contributed by atoms with E-state index >= 15 is 0 Å². The molecule has 3 rings (SSSR count). The van der Waals surface area contributed by atoms with Crippen LogP contribution in [0, 0.1) is 0 Å². The summed E-state index contributed by atoms with van der Waals surface area (Å²) < 4.78 is 28.4. The number of carbonyl (C=O) groups excluding carboxylic acids is 2. The third kappa shape index (κ3) is 4.74. The smallest absolute Gasteiger partial charge is 0.338 e. The summed E-state index contributed by atoms with van der Waals surface area (Å²) in [5.74, 6) is -1.04. The first-order valence-corrected chi connectivity index (χ1v) is 11.6. The van der Waals surface area contributed by atoms with E-state index in [-0.39, 0.29) is 16.4 Å². The van der Waals surface area contributed by atoms with E-state index in [2.05, 4.69) is 6.92 Å². The number of hydrogen-bond acceptors (Lipinski definition) is 6. The molecule has 1 aliphatic heterocycles. The Morgan fingerprint density at radius 1 is 1.18 bits per heavy atom. The minimum atomic E-state index is -3.44. The lowest BCUT2D eigenvalue weighted by molar-refractivity contribution is -0.121. The third-order valence-corrected chi connectivity index (χ3v) is 6.72. The van der Waals surface area contributed by atoms with Crippen molar-refractivity contribution in [2.45, 2.75) is 28.4 Å². The number of esters is 1. The number of hydrogen-bond donors (Lipinski definition) is 0. The summed E-state index contributed by atoms with van der Waals surface area (Å²) in [7, 11) is -3.44. The van der Waals surface area contributed by atoms with Gasteiger partial charge < -0.3 is 9.64 Å². The number of amides is 1. The summed E-state index contributed by atoms with van der Waals surface area (Å²) in [5.41, 5.74) is 0.910. The van der Waals surface area contributed by atoms with E-state index in [4.69, 9.17) is 4.74 Å². The minimum Gasteiger partial charge on any atom is -0.452 e. The largest absolute Gasteiger partial charge is 0.452 e. The Kier molecular flexibility index (Phi) is 6.10. The molecule has 0 aromatic heterocycles. The molecule has 0 saturated carbocycles. The Hall–Kier alpha value is -2.32. The number of fused-ring (bicyclic) bond motifs is 1. The van der Waals surface area contributed by atoms with Crippen LogP contribution in [0.25, 0.3) is 0 Å². The van der Waals surface area contributed by atoms with Crippen molar-refractivity contribution in [2.24, 2.45) is 0 Å². The van der Waals surface area contributed by atoms with Crippen LogP contribution in [0.1, 0.15) is 23.7 Å². The van der Waals surface area contributed by atoms with E-state index < -0.39 is 22.4 Å². The van der Waals surface area contributed by atoms with Crippen molar-refractivity contribution in [3.63, 3.8) is 0 Å². The summed E-state index contributed by atoms with van der Waals surface area (Å²) in [6.45, 7) is 2.25. The van der Waals surface area contributed by atoms with E-state index in [1.807, 2.05) is 24.3 Å². The summed E-state index contributed by atoms with van der Waals surface area (Å²) in [6, 6.07) is 13.3. The Labute approximate surface area is 168 Å². The molecule has 1 aliphatic rings. The molecule has 0 spiro atoms. The fourth-order valence-electron chi connectivity index (χ4n) is 2.89. The monoisotopic (exact) mass is 419 g/mol. The molecule has 1 atom stereocenters.